The lowest BCUT2D eigenvalue weighted by molar-refractivity contribution is 0.0522. The number of rotatable bonds is 7. The third kappa shape index (κ3) is 3.11. The molecule has 1 heterocycles. The Labute approximate surface area is 159 Å². The molecule has 0 unspecified atom stereocenters. The molecule has 0 bridgehead atoms. The second-order valence-corrected chi connectivity index (χ2v) is 6.72. The van der Waals surface area contributed by atoms with Gasteiger partial charge in [0.25, 0.3) is 0 Å². The standard InChI is InChI=1S/C22H25NO4/c1-4-7-13-23-16(10-5-2)17(22(26)27-6-3)18-19(23)14-11-8-9-12-15(14)20(24)21(18)25/h8-9,11-12H,4-7,10,13H2,1-3H3. The van der Waals surface area contributed by atoms with Gasteiger partial charge in [0.15, 0.2) is 0 Å². The third-order valence-corrected chi connectivity index (χ3v) is 4.93. The third-order valence-electron chi connectivity index (χ3n) is 4.93. The number of carbonyl (C=O) groups excluding carboxylic acids is 3. The van der Waals surface area contributed by atoms with Crippen LogP contribution in [0.15, 0.2) is 24.3 Å². The van der Waals surface area contributed by atoms with Gasteiger partial charge in [-0.25, -0.2) is 4.79 Å². The second-order valence-electron chi connectivity index (χ2n) is 6.72. The SMILES string of the molecule is CCCCn1c(CCC)c(C(=O)OCC)c2c1-c1ccccc1C(=O)C2=O. The fraction of sp³-hybridized carbons (Fsp3) is 0.409. The number of hydrogen-bond donors (Lipinski definition) is 0. The molecule has 142 valence electrons. The Balaban J connectivity index is 2.37. The number of nitrogens with zero attached hydrogens (tertiary/aromatic N) is 1. The summed E-state index contributed by atoms with van der Waals surface area (Å²) in [7, 11) is 0. The molecule has 2 aromatic rings. The number of Topliss-reactive ketones (excluding diaryl/α,β-unsaturated/α-hetero) is 2. The zero-order valence-electron chi connectivity index (χ0n) is 16.1. The number of carbonyl (C=O) groups is 3. The van der Waals surface area contributed by atoms with Crippen molar-refractivity contribution in [1.82, 2.24) is 4.57 Å². The summed E-state index contributed by atoms with van der Waals surface area (Å²) < 4.78 is 7.32. The van der Waals surface area contributed by atoms with Gasteiger partial charge < -0.3 is 9.30 Å². The van der Waals surface area contributed by atoms with E-state index in [2.05, 4.69) is 11.5 Å². The maximum absolute atomic E-state index is 13.0. The lowest BCUT2D eigenvalue weighted by atomic mass is 9.86. The molecule has 5 heteroatoms. The van der Waals surface area contributed by atoms with Crippen LogP contribution in [0.5, 0.6) is 0 Å². The Kier molecular flexibility index (Phi) is 5.59. The minimum Gasteiger partial charge on any atom is -0.462 e. The number of ketones is 2. The molecule has 0 fully saturated rings. The average Bonchev–Trinajstić information content (AvgIpc) is 2.99. The molecule has 1 aliphatic carbocycles. The van der Waals surface area contributed by atoms with Crippen molar-refractivity contribution in [3.8, 4) is 11.3 Å². The van der Waals surface area contributed by atoms with Crippen LogP contribution in [0.3, 0.4) is 0 Å². The molecule has 1 aromatic carbocycles. The normalized spacial score (nSPS) is 12.7. The second kappa shape index (κ2) is 7.91. The number of fused-ring (bicyclic) bond motifs is 3. The van der Waals surface area contributed by atoms with E-state index in [0.717, 1.165) is 30.5 Å². The van der Waals surface area contributed by atoms with Crippen molar-refractivity contribution >= 4 is 17.5 Å². The Morgan fingerprint density at radius 1 is 1.00 bits per heavy atom. The Morgan fingerprint density at radius 2 is 1.70 bits per heavy atom. The predicted octanol–water partition coefficient (Wildman–Crippen LogP) is 4.46. The monoisotopic (exact) mass is 367 g/mol. The van der Waals surface area contributed by atoms with Crippen molar-refractivity contribution < 1.29 is 19.1 Å². The van der Waals surface area contributed by atoms with Crippen LogP contribution < -0.4 is 0 Å². The Hall–Kier alpha value is -2.69. The van der Waals surface area contributed by atoms with E-state index in [4.69, 9.17) is 4.74 Å². The lowest BCUT2D eigenvalue weighted by Gasteiger charge is -2.19. The van der Waals surface area contributed by atoms with Crippen molar-refractivity contribution in [2.24, 2.45) is 0 Å². The molecule has 27 heavy (non-hydrogen) atoms. The van der Waals surface area contributed by atoms with E-state index in [1.165, 1.54) is 0 Å². The van der Waals surface area contributed by atoms with E-state index in [1.807, 2.05) is 19.1 Å². The van der Waals surface area contributed by atoms with E-state index in [-0.39, 0.29) is 17.7 Å². The maximum atomic E-state index is 13.0. The van der Waals surface area contributed by atoms with E-state index >= 15 is 0 Å². The smallest absolute Gasteiger partial charge is 0.340 e. The molecular formula is C22H25NO4. The van der Waals surface area contributed by atoms with Gasteiger partial charge in [-0.05, 0) is 19.8 Å². The molecule has 0 amide bonds. The highest BCUT2D eigenvalue weighted by molar-refractivity contribution is 6.53. The van der Waals surface area contributed by atoms with Crippen molar-refractivity contribution in [3.05, 3.63) is 46.6 Å². The molecule has 1 aromatic heterocycles. The number of hydrogen-bond acceptors (Lipinski definition) is 4. The molecule has 0 aliphatic heterocycles. The van der Waals surface area contributed by atoms with Gasteiger partial charge in [-0.15, -0.1) is 0 Å². The van der Waals surface area contributed by atoms with Crippen LogP contribution in [0.1, 0.15) is 76.8 Å². The number of unbranched alkanes of at least 4 members (excludes halogenated alkanes) is 1. The van der Waals surface area contributed by atoms with Crippen LogP contribution >= 0.6 is 0 Å². The van der Waals surface area contributed by atoms with Gasteiger partial charge in [0.2, 0.25) is 11.6 Å². The quantitative estimate of drug-likeness (QED) is 0.535. The first-order valence-electron chi connectivity index (χ1n) is 9.67. The first-order valence-corrected chi connectivity index (χ1v) is 9.67. The van der Waals surface area contributed by atoms with Gasteiger partial charge in [0.1, 0.15) is 0 Å². The van der Waals surface area contributed by atoms with Crippen molar-refractivity contribution in [3.63, 3.8) is 0 Å². The van der Waals surface area contributed by atoms with Crippen LogP contribution in [0.25, 0.3) is 11.3 Å². The number of ether oxygens (including phenoxy) is 1. The zero-order chi connectivity index (χ0) is 19.6. The van der Waals surface area contributed by atoms with Crippen LogP contribution in [0.4, 0.5) is 0 Å². The topological polar surface area (TPSA) is 65.4 Å². The van der Waals surface area contributed by atoms with Gasteiger partial charge in [-0.3, -0.25) is 9.59 Å². The zero-order valence-corrected chi connectivity index (χ0v) is 16.1. The fourth-order valence-electron chi connectivity index (χ4n) is 3.78. The molecule has 0 atom stereocenters. The van der Waals surface area contributed by atoms with Crippen LogP contribution in [-0.2, 0) is 17.7 Å². The van der Waals surface area contributed by atoms with E-state index < -0.39 is 17.5 Å². The summed E-state index contributed by atoms with van der Waals surface area (Å²) in [6.45, 7) is 6.79. The van der Waals surface area contributed by atoms with Gasteiger partial charge in [0, 0.05) is 23.4 Å². The lowest BCUT2D eigenvalue weighted by Crippen LogP contribution is -2.23. The van der Waals surface area contributed by atoms with Crippen LogP contribution in [0.2, 0.25) is 0 Å². The number of benzene rings is 1. The summed E-state index contributed by atoms with van der Waals surface area (Å²) in [6.07, 6.45) is 3.38. The average molecular weight is 367 g/mol. The molecule has 0 saturated heterocycles. The highest BCUT2D eigenvalue weighted by atomic mass is 16.5. The molecule has 0 saturated carbocycles. The van der Waals surface area contributed by atoms with Crippen molar-refractivity contribution in [2.45, 2.75) is 53.0 Å². The molecule has 0 spiro atoms. The number of aromatic nitrogens is 1. The number of esters is 1. The van der Waals surface area contributed by atoms with Gasteiger partial charge in [-0.2, -0.15) is 0 Å². The minimum absolute atomic E-state index is 0.219. The van der Waals surface area contributed by atoms with Crippen LogP contribution in [0, 0.1) is 0 Å². The summed E-state index contributed by atoms with van der Waals surface area (Å²) in [5.41, 5.74) is 3.11. The van der Waals surface area contributed by atoms with Crippen molar-refractivity contribution in [1.29, 1.82) is 0 Å². The summed E-state index contributed by atoms with van der Waals surface area (Å²) in [6, 6.07) is 7.14. The highest BCUT2D eigenvalue weighted by Gasteiger charge is 2.39. The Morgan fingerprint density at radius 3 is 2.33 bits per heavy atom. The minimum atomic E-state index is -0.612. The molecule has 5 nitrogen and oxygen atoms in total. The summed E-state index contributed by atoms with van der Waals surface area (Å²) in [5.74, 6) is -1.69. The summed E-state index contributed by atoms with van der Waals surface area (Å²) in [5, 5.41) is 0. The largest absolute Gasteiger partial charge is 0.462 e. The molecule has 0 N–H and O–H groups in total. The van der Waals surface area contributed by atoms with E-state index in [9.17, 15) is 14.4 Å². The molecule has 3 rings (SSSR count). The van der Waals surface area contributed by atoms with E-state index in [1.54, 1.807) is 19.1 Å². The highest BCUT2D eigenvalue weighted by Crippen LogP contribution is 2.39. The Bertz CT molecular complexity index is 907. The maximum Gasteiger partial charge on any atom is 0.340 e. The van der Waals surface area contributed by atoms with Gasteiger partial charge in [0.05, 0.1) is 23.4 Å². The first kappa shape index (κ1) is 19.1. The van der Waals surface area contributed by atoms with Gasteiger partial charge in [-0.1, -0.05) is 51.0 Å². The predicted molar refractivity (Wildman–Crippen MR) is 103 cm³/mol. The molecule has 1 aliphatic rings. The summed E-state index contributed by atoms with van der Waals surface area (Å²) >= 11 is 0. The van der Waals surface area contributed by atoms with Gasteiger partial charge >= 0.3 is 5.97 Å². The van der Waals surface area contributed by atoms with Crippen molar-refractivity contribution in [2.75, 3.05) is 6.61 Å². The fourth-order valence-corrected chi connectivity index (χ4v) is 3.78. The molecular weight excluding hydrogens is 342 g/mol. The summed E-state index contributed by atoms with van der Waals surface area (Å²) in [4.78, 5) is 38.4. The van der Waals surface area contributed by atoms with E-state index in [0.29, 0.717) is 24.2 Å². The molecule has 0 radical (unpaired) electrons. The first-order chi connectivity index (χ1) is 13.1. The van der Waals surface area contributed by atoms with Crippen LogP contribution in [-0.4, -0.2) is 28.7 Å².